The molecule has 2 aromatic carbocycles. The highest BCUT2D eigenvalue weighted by Crippen LogP contribution is 2.46. The van der Waals surface area contributed by atoms with Crippen LogP contribution in [-0.2, 0) is 4.74 Å². The minimum absolute atomic E-state index is 0.371. The number of nitrogens with one attached hydrogen (secondary N) is 3. The van der Waals surface area contributed by atoms with E-state index in [1.165, 1.54) is 17.7 Å². The first-order valence-corrected chi connectivity index (χ1v) is 12.0. The molecule has 176 valence electrons. The maximum atomic E-state index is 12.4. The van der Waals surface area contributed by atoms with Gasteiger partial charge >= 0.3 is 6.03 Å². The Morgan fingerprint density at radius 1 is 1.09 bits per heavy atom. The van der Waals surface area contributed by atoms with Crippen LogP contribution in [0.3, 0.4) is 0 Å². The van der Waals surface area contributed by atoms with Crippen molar-refractivity contribution in [3.8, 4) is 27.9 Å². The molecule has 3 heterocycles. The van der Waals surface area contributed by atoms with Gasteiger partial charge in [-0.05, 0) is 42.0 Å². The molecule has 2 aromatic heterocycles. The van der Waals surface area contributed by atoms with E-state index in [4.69, 9.17) is 16.3 Å². The molecule has 3 N–H and O–H groups in total. The SMILES string of the molecule is N#Cc1c(N2CCOCC2)sc(-c2nc[nH]n2)c1-c1ccc(NC(=O)Nc2ccc(Cl)cc2)cc1. The predicted molar refractivity (Wildman–Crippen MR) is 137 cm³/mol. The average Bonchev–Trinajstić information content (AvgIpc) is 3.54. The van der Waals surface area contributed by atoms with Crippen molar-refractivity contribution in [1.29, 1.82) is 5.26 Å². The van der Waals surface area contributed by atoms with Crippen molar-refractivity contribution < 1.29 is 9.53 Å². The molecular formula is C24H20ClN7O2S. The number of thiophene rings is 1. The molecule has 4 aromatic rings. The number of H-pyrrole nitrogens is 1. The second kappa shape index (κ2) is 10.1. The molecule has 1 aliphatic rings. The third kappa shape index (κ3) is 4.97. The van der Waals surface area contributed by atoms with E-state index in [-0.39, 0.29) is 6.03 Å². The van der Waals surface area contributed by atoms with Crippen LogP contribution in [0.4, 0.5) is 21.2 Å². The van der Waals surface area contributed by atoms with E-state index < -0.39 is 0 Å². The number of anilines is 3. The number of carbonyl (C=O) groups is 1. The summed E-state index contributed by atoms with van der Waals surface area (Å²) in [5.41, 5.74) is 3.43. The van der Waals surface area contributed by atoms with Crippen LogP contribution in [0.15, 0.2) is 54.9 Å². The van der Waals surface area contributed by atoms with Crippen molar-refractivity contribution in [2.24, 2.45) is 0 Å². The second-order valence-corrected chi connectivity index (χ2v) is 9.12. The molecule has 35 heavy (non-hydrogen) atoms. The summed E-state index contributed by atoms with van der Waals surface area (Å²) in [4.78, 5) is 19.7. The Balaban J connectivity index is 1.43. The number of nitrogens with zero attached hydrogens (tertiary/aromatic N) is 4. The zero-order chi connectivity index (χ0) is 24.2. The molecule has 11 heteroatoms. The van der Waals surface area contributed by atoms with Gasteiger partial charge in [-0.1, -0.05) is 23.7 Å². The summed E-state index contributed by atoms with van der Waals surface area (Å²) in [6, 6.07) is 16.2. The van der Waals surface area contributed by atoms with Gasteiger partial charge in [0.05, 0.1) is 23.7 Å². The van der Waals surface area contributed by atoms with Gasteiger partial charge in [0.25, 0.3) is 0 Å². The number of aromatic amines is 1. The molecule has 0 radical (unpaired) electrons. The maximum absolute atomic E-state index is 12.4. The van der Waals surface area contributed by atoms with Gasteiger partial charge in [-0.2, -0.15) is 10.4 Å². The summed E-state index contributed by atoms with van der Waals surface area (Å²) in [5.74, 6) is 0.533. The molecule has 1 aliphatic heterocycles. The van der Waals surface area contributed by atoms with Crippen LogP contribution in [0.25, 0.3) is 21.8 Å². The number of hydrogen-bond acceptors (Lipinski definition) is 7. The molecule has 1 fully saturated rings. The second-order valence-electron chi connectivity index (χ2n) is 7.68. The number of benzene rings is 2. The van der Waals surface area contributed by atoms with E-state index >= 15 is 0 Å². The van der Waals surface area contributed by atoms with Gasteiger partial charge in [0.2, 0.25) is 0 Å². The van der Waals surface area contributed by atoms with Crippen LogP contribution < -0.4 is 15.5 Å². The summed E-state index contributed by atoms with van der Waals surface area (Å²) in [7, 11) is 0. The fourth-order valence-electron chi connectivity index (χ4n) is 3.81. The summed E-state index contributed by atoms with van der Waals surface area (Å²) in [6.07, 6.45) is 1.52. The molecule has 0 spiro atoms. The Kier molecular flexibility index (Phi) is 6.63. The Hall–Kier alpha value is -3.91. The number of urea groups is 1. The molecule has 9 nitrogen and oxygen atoms in total. The van der Waals surface area contributed by atoms with Gasteiger partial charge in [0, 0.05) is 35.1 Å². The highest BCUT2D eigenvalue weighted by Gasteiger charge is 2.26. The Labute approximate surface area is 210 Å². The fourth-order valence-corrected chi connectivity index (χ4v) is 5.20. The van der Waals surface area contributed by atoms with Gasteiger partial charge in [-0.25, -0.2) is 9.78 Å². The summed E-state index contributed by atoms with van der Waals surface area (Å²) >= 11 is 7.39. The molecule has 1 saturated heterocycles. The lowest BCUT2D eigenvalue weighted by Crippen LogP contribution is -2.36. The number of hydrogen-bond donors (Lipinski definition) is 3. The normalized spacial score (nSPS) is 13.3. The van der Waals surface area contributed by atoms with Gasteiger partial charge in [0.15, 0.2) is 5.82 Å². The largest absolute Gasteiger partial charge is 0.378 e. The summed E-state index contributed by atoms with van der Waals surface area (Å²) < 4.78 is 5.48. The van der Waals surface area contributed by atoms with E-state index in [2.05, 4.69) is 36.8 Å². The fraction of sp³-hybridized carbons (Fsp3) is 0.167. The highest BCUT2D eigenvalue weighted by atomic mass is 35.5. The number of amides is 2. The lowest BCUT2D eigenvalue weighted by molar-refractivity contribution is 0.123. The smallest absolute Gasteiger partial charge is 0.323 e. The molecule has 0 aliphatic carbocycles. The number of ether oxygens (including phenoxy) is 1. The topological polar surface area (TPSA) is 119 Å². The van der Waals surface area contributed by atoms with Crippen LogP contribution in [0.2, 0.25) is 5.02 Å². The van der Waals surface area contributed by atoms with E-state index in [1.54, 1.807) is 36.4 Å². The van der Waals surface area contributed by atoms with Crippen molar-refractivity contribution in [3.05, 3.63) is 65.4 Å². The molecule has 0 saturated carbocycles. The summed E-state index contributed by atoms with van der Waals surface area (Å²) in [5, 5.41) is 24.2. The van der Waals surface area contributed by atoms with Crippen molar-refractivity contribution in [3.63, 3.8) is 0 Å². The lowest BCUT2D eigenvalue weighted by atomic mass is 10.0. The molecule has 0 atom stereocenters. The van der Waals surface area contributed by atoms with Gasteiger partial charge < -0.3 is 20.3 Å². The first-order valence-electron chi connectivity index (χ1n) is 10.8. The zero-order valence-corrected chi connectivity index (χ0v) is 20.0. The van der Waals surface area contributed by atoms with Crippen molar-refractivity contribution in [2.45, 2.75) is 0 Å². The Morgan fingerprint density at radius 3 is 2.34 bits per heavy atom. The van der Waals surface area contributed by atoms with E-state index in [9.17, 15) is 10.1 Å². The van der Waals surface area contributed by atoms with E-state index in [0.717, 1.165) is 21.0 Å². The minimum atomic E-state index is -0.371. The highest BCUT2D eigenvalue weighted by molar-refractivity contribution is 7.20. The van der Waals surface area contributed by atoms with E-state index in [0.29, 0.717) is 54.1 Å². The van der Waals surface area contributed by atoms with Crippen molar-refractivity contribution in [1.82, 2.24) is 15.2 Å². The number of aromatic nitrogens is 3. The lowest BCUT2D eigenvalue weighted by Gasteiger charge is -2.27. The molecule has 5 rings (SSSR count). The van der Waals surface area contributed by atoms with Crippen LogP contribution >= 0.6 is 22.9 Å². The number of carbonyl (C=O) groups excluding carboxylic acids is 1. The Bertz CT molecular complexity index is 1360. The number of rotatable bonds is 5. The number of halogens is 1. The first kappa shape index (κ1) is 22.9. The standard InChI is InChI=1S/C24H20ClN7O2S/c25-16-3-7-18(8-4-16)30-24(33)29-17-5-1-15(2-6-17)20-19(13-26)23(32-9-11-34-12-10-32)35-21(20)22-27-14-28-31-22/h1-8,14H,9-12H2,(H,27,28,31)(H2,29,30,33). The third-order valence-corrected chi connectivity index (χ3v) is 6.95. The van der Waals surface area contributed by atoms with Crippen LogP contribution in [0, 0.1) is 11.3 Å². The molecule has 0 bridgehead atoms. The van der Waals surface area contributed by atoms with Crippen molar-refractivity contribution >= 4 is 45.3 Å². The predicted octanol–water partition coefficient (Wildman–Crippen LogP) is 5.21. The molecule has 2 amide bonds. The van der Waals surface area contributed by atoms with Gasteiger partial charge in [-0.3, -0.25) is 5.10 Å². The average molecular weight is 506 g/mol. The Morgan fingerprint density at radius 2 is 1.74 bits per heavy atom. The molecule has 0 unspecified atom stereocenters. The third-order valence-electron chi connectivity index (χ3n) is 5.45. The van der Waals surface area contributed by atoms with Crippen LogP contribution in [0.1, 0.15) is 5.56 Å². The first-order chi connectivity index (χ1) is 17.1. The minimum Gasteiger partial charge on any atom is -0.378 e. The van der Waals surface area contributed by atoms with Crippen molar-refractivity contribution in [2.75, 3.05) is 41.8 Å². The van der Waals surface area contributed by atoms with Gasteiger partial charge in [-0.15, -0.1) is 11.3 Å². The number of morpholine rings is 1. The van der Waals surface area contributed by atoms with Gasteiger partial charge in [0.1, 0.15) is 17.4 Å². The van der Waals surface area contributed by atoms with E-state index in [1.807, 2.05) is 12.1 Å². The monoisotopic (exact) mass is 505 g/mol. The maximum Gasteiger partial charge on any atom is 0.323 e. The summed E-state index contributed by atoms with van der Waals surface area (Å²) in [6.45, 7) is 2.67. The number of nitriles is 1. The molecular weight excluding hydrogens is 486 g/mol. The quantitative estimate of drug-likeness (QED) is 0.343. The zero-order valence-electron chi connectivity index (χ0n) is 18.4. The van der Waals surface area contributed by atoms with Crippen LogP contribution in [0.5, 0.6) is 0 Å². The van der Waals surface area contributed by atoms with Crippen LogP contribution in [-0.4, -0.2) is 47.5 Å².